The molecule has 4 aromatic rings. The minimum atomic E-state index is -3.93. The van der Waals surface area contributed by atoms with Crippen LogP contribution in [0.3, 0.4) is 0 Å². The highest BCUT2D eigenvalue weighted by Gasteiger charge is 2.34. The van der Waals surface area contributed by atoms with E-state index in [2.05, 4.69) is 46.0 Å². The number of ether oxygens (including phenoxy) is 2. The fourth-order valence-corrected chi connectivity index (χ4v) is 6.64. The number of anilines is 1. The van der Waals surface area contributed by atoms with E-state index in [1.165, 1.54) is 36.4 Å². The lowest BCUT2D eigenvalue weighted by Gasteiger charge is -2.38. The number of methoxy groups -OCH3 is 1. The Bertz CT molecular complexity index is 1730. The van der Waals surface area contributed by atoms with Gasteiger partial charge in [0.25, 0.3) is 15.9 Å². The minimum absolute atomic E-state index is 0.0535. The van der Waals surface area contributed by atoms with Crippen LogP contribution >= 0.6 is 0 Å². The van der Waals surface area contributed by atoms with Crippen molar-refractivity contribution in [2.24, 2.45) is 5.92 Å². The first-order valence-electron chi connectivity index (χ1n) is 15.3. The van der Waals surface area contributed by atoms with E-state index in [4.69, 9.17) is 9.47 Å². The molecule has 10 heteroatoms. The number of rotatable bonds is 11. The molecule has 1 aliphatic rings. The van der Waals surface area contributed by atoms with Gasteiger partial charge in [-0.3, -0.25) is 14.4 Å². The zero-order valence-corrected chi connectivity index (χ0v) is 27.4. The number of fused-ring (bicyclic) bond motifs is 1. The Hall–Kier alpha value is -4.38. The molecular weight excluding hydrogens is 602 g/mol. The smallest absolute Gasteiger partial charge is 0.261 e. The van der Waals surface area contributed by atoms with Gasteiger partial charge in [-0.2, -0.15) is 0 Å². The van der Waals surface area contributed by atoms with E-state index < -0.39 is 16.1 Å². The van der Waals surface area contributed by atoms with Crippen LogP contribution in [-0.2, 0) is 16.6 Å². The van der Waals surface area contributed by atoms with Gasteiger partial charge in [0.2, 0.25) is 0 Å². The van der Waals surface area contributed by atoms with Gasteiger partial charge in [0.15, 0.2) is 0 Å². The second kappa shape index (κ2) is 14.4. The van der Waals surface area contributed by atoms with Crippen molar-refractivity contribution in [2.45, 2.75) is 37.4 Å². The molecule has 3 atom stereocenters. The normalized spacial score (nSPS) is 17.4. The number of sulfonamides is 1. The molecule has 1 aliphatic heterocycles. The van der Waals surface area contributed by atoms with Gasteiger partial charge in [0.05, 0.1) is 30.2 Å². The van der Waals surface area contributed by atoms with Gasteiger partial charge >= 0.3 is 0 Å². The molecule has 5 rings (SSSR count). The third-order valence-corrected chi connectivity index (χ3v) is 9.69. The molecule has 0 spiro atoms. The monoisotopic (exact) mass is 643 g/mol. The Kier molecular flexibility index (Phi) is 10.3. The molecule has 46 heavy (non-hydrogen) atoms. The molecule has 0 bridgehead atoms. The predicted molar refractivity (Wildman–Crippen MR) is 180 cm³/mol. The number of nitrogens with zero attached hydrogens (tertiary/aromatic N) is 2. The molecule has 0 aliphatic carbocycles. The van der Waals surface area contributed by atoms with Gasteiger partial charge in [0, 0.05) is 31.2 Å². The summed E-state index contributed by atoms with van der Waals surface area (Å²) in [6.07, 6.45) is -0.282. The molecule has 2 N–H and O–H groups in total. The fraction of sp³-hybridized carbons (Fsp3) is 0.306. The molecule has 0 unspecified atom stereocenters. The van der Waals surface area contributed by atoms with Crippen molar-refractivity contribution in [1.82, 2.24) is 9.80 Å². The van der Waals surface area contributed by atoms with E-state index in [0.717, 1.165) is 5.56 Å². The summed E-state index contributed by atoms with van der Waals surface area (Å²) in [7, 11) is -0.388. The minimum Gasteiger partial charge on any atom is -0.497 e. The zero-order valence-electron chi connectivity index (χ0n) is 26.6. The van der Waals surface area contributed by atoms with Crippen LogP contribution in [0.4, 0.5) is 5.69 Å². The molecule has 0 radical (unpaired) electrons. The number of benzene rings is 4. The highest BCUT2D eigenvalue weighted by Crippen LogP contribution is 2.32. The predicted octanol–water partition coefficient (Wildman–Crippen LogP) is 5.52. The molecule has 1 heterocycles. The molecule has 0 saturated carbocycles. The Morgan fingerprint density at radius 1 is 1.00 bits per heavy atom. The van der Waals surface area contributed by atoms with Crippen molar-refractivity contribution in [3.8, 4) is 22.6 Å². The average Bonchev–Trinajstić information content (AvgIpc) is 3.07. The van der Waals surface area contributed by atoms with Crippen molar-refractivity contribution in [3.05, 3.63) is 108 Å². The van der Waals surface area contributed by atoms with E-state index in [1.54, 1.807) is 36.1 Å². The number of hydrogen-bond acceptors (Lipinski definition) is 7. The third-order valence-electron chi connectivity index (χ3n) is 8.29. The van der Waals surface area contributed by atoms with Crippen LogP contribution < -0.4 is 14.2 Å². The molecule has 0 aromatic heterocycles. The largest absolute Gasteiger partial charge is 0.497 e. The zero-order chi connectivity index (χ0) is 32.8. The summed E-state index contributed by atoms with van der Waals surface area (Å²) in [5.41, 5.74) is 3.95. The van der Waals surface area contributed by atoms with Gasteiger partial charge in [-0.05, 0) is 73.1 Å². The number of aliphatic hydroxyl groups is 1. The number of likely N-dealkylation sites (N-methyl/N-ethyl adjacent to an activating group) is 1. The van der Waals surface area contributed by atoms with Crippen molar-refractivity contribution in [2.75, 3.05) is 38.6 Å². The SMILES string of the molecule is COc1ccc(S(=O)(=O)Nc2ccc3c(c2)C(=O)N([C@H](C)CO)C[C@H](C)[C@@H](CN(C)Cc2ccc(-c4ccccc4)cc2)O3)cc1. The Balaban J connectivity index is 1.36. The molecular formula is C36H41N3O6S. The molecule has 9 nitrogen and oxygen atoms in total. The van der Waals surface area contributed by atoms with E-state index >= 15 is 0 Å². The van der Waals surface area contributed by atoms with Gasteiger partial charge in [-0.25, -0.2) is 8.42 Å². The van der Waals surface area contributed by atoms with Gasteiger partial charge in [-0.1, -0.05) is 61.5 Å². The highest BCUT2D eigenvalue weighted by atomic mass is 32.2. The number of aliphatic hydroxyl groups excluding tert-OH is 1. The van der Waals surface area contributed by atoms with Crippen molar-refractivity contribution >= 4 is 21.6 Å². The van der Waals surface area contributed by atoms with Gasteiger partial charge in [0.1, 0.15) is 17.6 Å². The molecule has 0 saturated heterocycles. The summed E-state index contributed by atoms with van der Waals surface area (Å²) in [6, 6.07) is 29.1. The highest BCUT2D eigenvalue weighted by molar-refractivity contribution is 7.92. The van der Waals surface area contributed by atoms with Gasteiger partial charge < -0.3 is 19.5 Å². The van der Waals surface area contributed by atoms with Crippen LogP contribution in [0.2, 0.25) is 0 Å². The fourth-order valence-electron chi connectivity index (χ4n) is 5.59. The average molecular weight is 644 g/mol. The lowest BCUT2D eigenvalue weighted by molar-refractivity contribution is 0.0341. The second-order valence-electron chi connectivity index (χ2n) is 11.9. The maximum absolute atomic E-state index is 13.8. The standard InChI is InChI=1S/C36H41N3O6S/c1-25-21-39(26(2)24-40)36(41)33-20-30(37-46(42,43)32-17-15-31(44-4)16-18-32)14-19-34(33)45-35(25)23-38(3)22-27-10-12-29(13-11-27)28-8-6-5-7-9-28/h5-20,25-26,35,37,40H,21-24H2,1-4H3/t25-,26+,35+/m0/s1. The van der Waals surface area contributed by atoms with Crippen LogP contribution in [0.5, 0.6) is 11.5 Å². The lowest BCUT2D eigenvalue weighted by Crippen LogP contribution is -2.49. The maximum atomic E-state index is 13.8. The van der Waals surface area contributed by atoms with Gasteiger partial charge in [-0.15, -0.1) is 0 Å². The van der Waals surface area contributed by atoms with Crippen molar-refractivity contribution in [3.63, 3.8) is 0 Å². The summed E-state index contributed by atoms with van der Waals surface area (Å²) < 4.78 is 40.5. The van der Waals surface area contributed by atoms with E-state index in [-0.39, 0.29) is 40.7 Å². The van der Waals surface area contributed by atoms with E-state index in [9.17, 15) is 18.3 Å². The Morgan fingerprint density at radius 2 is 1.67 bits per heavy atom. The van der Waals surface area contributed by atoms with Crippen molar-refractivity contribution < 1.29 is 27.8 Å². The third kappa shape index (κ3) is 7.70. The first-order valence-corrected chi connectivity index (χ1v) is 16.8. The maximum Gasteiger partial charge on any atom is 0.261 e. The summed E-state index contributed by atoms with van der Waals surface area (Å²) in [5.74, 6) is 0.516. The van der Waals surface area contributed by atoms with Crippen LogP contribution in [0, 0.1) is 5.92 Å². The van der Waals surface area contributed by atoms with Crippen molar-refractivity contribution in [1.29, 1.82) is 0 Å². The number of carbonyl (C=O) groups excluding carboxylic acids is 1. The topological polar surface area (TPSA) is 108 Å². The molecule has 0 fully saturated rings. The number of hydrogen-bond donors (Lipinski definition) is 2. The number of nitrogens with one attached hydrogen (secondary N) is 1. The van der Waals surface area contributed by atoms with E-state index in [1.807, 2.05) is 32.2 Å². The first kappa shape index (κ1) is 33.0. The second-order valence-corrected chi connectivity index (χ2v) is 13.6. The molecule has 1 amide bonds. The molecule has 242 valence electrons. The summed E-state index contributed by atoms with van der Waals surface area (Å²) in [5, 5.41) is 10.0. The quantitative estimate of drug-likeness (QED) is 0.222. The molecule has 4 aromatic carbocycles. The Morgan fingerprint density at radius 3 is 2.33 bits per heavy atom. The van der Waals surface area contributed by atoms with Crippen LogP contribution in [0.25, 0.3) is 11.1 Å². The van der Waals surface area contributed by atoms with Crippen LogP contribution in [0.1, 0.15) is 29.8 Å². The van der Waals surface area contributed by atoms with Crippen LogP contribution in [-0.4, -0.2) is 75.2 Å². The first-order chi connectivity index (χ1) is 22.1. The summed E-state index contributed by atoms with van der Waals surface area (Å²) in [4.78, 5) is 17.7. The van der Waals surface area contributed by atoms with E-state index in [0.29, 0.717) is 31.1 Å². The Labute approximate surface area is 271 Å². The number of amides is 1. The lowest BCUT2D eigenvalue weighted by atomic mass is 9.99. The van der Waals surface area contributed by atoms with Crippen LogP contribution in [0.15, 0.2) is 102 Å². The summed E-state index contributed by atoms with van der Waals surface area (Å²) in [6.45, 7) is 5.29. The number of carbonyl (C=O) groups is 1. The summed E-state index contributed by atoms with van der Waals surface area (Å²) >= 11 is 0.